The Morgan fingerprint density at radius 3 is 2.60 bits per heavy atom. The molecule has 1 heterocycles. The molecule has 0 atom stereocenters. The highest BCUT2D eigenvalue weighted by atomic mass is 32.1. The van der Waals surface area contributed by atoms with Crippen LogP contribution in [0.4, 0.5) is 0 Å². The van der Waals surface area contributed by atoms with Crippen LogP contribution in [0.1, 0.15) is 18.2 Å². The van der Waals surface area contributed by atoms with E-state index in [4.69, 9.17) is 12.2 Å². The zero-order chi connectivity index (χ0) is 14.1. The molecule has 0 saturated carbocycles. The Labute approximate surface area is 123 Å². The van der Waals surface area contributed by atoms with Crippen molar-refractivity contribution in [2.45, 2.75) is 20.3 Å². The minimum atomic E-state index is 0.701. The number of rotatable bonds is 2. The first kappa shape index (κ1) is 13.0. The van der Waals surface area contributed by atoms with Crippen LogP contribution in [0.15, 0.2) is 42.5 Å². The highest BCUT2D eigenvalue weighted by Gasteiger charge is 2.08. The van der Waals surface area contributed by atoms with Crippen molar-refractivity contribution in [3.8, 4) is 11.4 Å². The molecule has 3 heteroatoms. The van der Waals surface area contributed by atoms with Crippen LogP contribution in [-0.4, -0.2) is 9.97 Å². The van der Waals surface area contributed by atoms with E-state index in [-0.39, 0.29) is 0 Å². The van der Waals surface area contributed by atoms with Crippen molar-refractivity contribution in [3.05, 3.63) is 58.4 Å². The maximum absolute atomic E-state index is 5.42. The predicted molar refractivity (Wildman–Crippen MR) is 86.5 cm³/mol. The summed E-state index contributed by atoms with van der Waals surface area (Å²) >= 11 is 5.42. The molecule has 0 aliphatic heterocycles. The number of nitrogens with zero attached hydrogens (tertiary/aromatic N) is 1. The summed E-state index contributed by atoms with van der Waals surface area (Å²) in [7, 11) is 0. The first-order valence-electron chi connectivity index (χ1n) is 6.78. The van der Waals surface area contributed by atoms with Gasteiger partial charge in [-0.05, 0) is 24.1 Å². The standard InChI is InChI=1S/C17H16N2S/c1-3-13-11(2)18-16(19-17(13)20)15-10-6-8-12-7-4-5-9-14(12)15/h4-10H,3H2,1-2H3,(H,18,19,20). The molecule has 3 aromatic rings. The van der Waals surface area contributed by atoms with Gasteiger partial charge in [-0.15, -0.1) is 0 Å². The number of hydrogen-bond acceptors (Lipinski definition) is 2. The number of aryl methyl sites for hydroxylation is 1. The average molecular weight is 280 g/mol. The molecule has 0 saturated heterocycles. The maximum atomic E-state index is 5.42. The van der Waals surface area contributed by atoms with E-state index in [0.717, 1.165) is 29.1 Å². The zero-order valence-electron chi connectivity index (χ0n) is 11.6. The van der Waals surface area contributed by atoms with E-state index in [1.807, 2.05) is 12.1 Å². The van der Waals surface area contributed by atoms with Gasteiger partial charge in [-0.1, -0.05) is 61.6 Å². The summed E-state index contributed by atoms with van der Waals surface area (Å²) in [6.07, 6.45) is 0.907. The Morgan fingerprint density at radius 1 is 1.10 bits per heavy atom. The number of fused-ring (bicyclic) bond motifs is 1. The molecule has 2 aromatic carbocycles. The smallest absolute Gasteiger partial charge is 0.139 e. The number of aromatic amines is 1. The fourth-order valence-corrected chi connectivity index (χ4v) is 2.97. The van der Waals surface area contributed by atoms with Crippen LogP contribution in [0.2, 0.25) is 0 Å². The van der Waals surface area contributed by atoms with Crippen LogP contribution in [0.25, 0.3) is 22.2 Å². The van der Waals surface area contributed by atoms with Gasteiger partial charge in [0, 0.05) is 16.8 Å². The molecule has 0 aliphatic rings. The first-order valence-corrected chi connectivity index (χ1v) is 7.19. The third kappa shape index (κ3) is 2.14. The summed E-state index contributed by atoms with van der Waals surface area (Å²) < 4.78 is 0.701. The topological polar surface area (TPSA) is 28.7 Å². The Kier molecular flexibility index (Phi) is 3.36. The summed E-state index contributed by atoms with van der Waals surface area (Å²) in [5.74, 6) is 0.849. The van der Waals surface area contributed by atoms with Crippen LogP contribution in [0, 0.1) is 11.6 Å². The lowest BCUT2D eigenvalue weighted by atomic mass is 10.0. The zero-order valence-corrected chi connectivity index (χ0v) is 12.4. The predicted octanol–water partition coefficient (Wildman–Crippen LogP) is 4.83. The Bertz CT molecular complexity index is 829. The van der Waals surface area contributed by atoms with Crippen LogP contribution in [0.3, 0.4) is 0 Å². The lowest BCUT2D eigenvalue weighted by Gasteiger charge is -2.10. The van der Waals surface area contributed by atoms with E-state index in [9.17, 15) is 0 Å². The van der Waals surface area contributed by atoms with Gasteiger partial charge in [0.2, 0.25) is 0 Å². The van der Waals surface area contributed by atoms with Crippen molar-refractivity contribution in [2.24, 2.45) is 0 Å². The molecule has 1 aromatic heterocycles. The Hall–Kier alpha value is -2.00. The number of aromatic nitrogens is 2. The largest absolute Gasteiger partial charge is 0.343 e. The van der Waals surface area contributed by atoms with Crippen molar-refractivity contribution in [2.75, 3.05) is 0 Å². The molecule has 2 nitrogen and oxygen atoms in total. The van der Waals surface area contributed by atoms with E-state index >= 15 is 0 Å². The van der Waals surface area contributed by atoms with Crippen molar-refractivity contribution in [1.29, 1.82) is 0 Å². The minimum absolute atomic E-state index is 0.701. The van der Waals surface area contributed by atoms with Crippen molar-refractivity contribution in [1.82, 2.24) is 9.97 Å². The molecule has 0 spiro atoms. The molecule has 100 valence electrons. The second-order valence-corrected chi connectivity index (χ2v) is 5.26. The van der Waals surface area contributed by atoms with Crippen molar-refractivity contribution in [3.63, 3.8) is 0 Å². The van der Waals surface area contributed by atoms with Crippen LogP contribution >= 0.6 is 12.2 Å². The van der Waals surface area contributed by atoms with Gasteiger partial charge in [0.25, 0.3) is 0 Å². The molecule has 0 radical (unpaired) electrons. The quantitative estimate of drug-likeness (QED) is 0.681. The first-order chi connectivity index (χ1) is 9.70. The normalized spacial score (nSPS) is 10.9. The third-order valence-corrected chi connectivity index (χ3v) is 3.97. The van der Waals surface area contributed by atoms with Crippen molar-refractivity contribution < 1.29 is 0 Å². The highest BCUT2D eigenvalue weighted by molar-refractivity contribution is 7.71. The molecule has 1 N–H and O–H groups in total. The average Bonchev–Trinajstić information content (AvgIpc) is 2.46. The van der Waals surface area contributed by atoms with Crippen molar-refractivity contribution >= 4 is 23.0 Å². The Balaban J connectivity index is 2.29. The minimum Gasteiger partial charge on any atom is -0.343 e. The lowest BCUT2D eigenvalue weighted by Crippen LogP contribution is -1.99. The molecule has 20 heavy (non-hydrogen) atoms. The van der Waals surface area contributed by atoms with Gasteiger partial charge in [-0.2, -0.15) is 0 Å². The van der Waals surface area contributed by atoms with Gasteiger partial charge in [0.05, 0.1) is 0 Å². The molecular formula is C17H16N2S. The maximum Gasteiger partial charge on any atom is 0.139 e. The molecule has 0 bridgehead atoms. The summed E-state index contributed by atoms with van der Waals surface area (Å²) in [6, 6.07) is 14.6. The monoisotopic (exact) mass is 280 g/mol. The Morgan fingerprint density at radius 2 is 1.85 bits per heavy atom. The second kappa shape index (κ2) is 5.17. The van der Waals surface area contributed by atoms with E-state index < -0.39 is 0 Å². The molecule has 3 rings (SSSR count). The number of benzene rings is 2. The fourth-order valence-electron chi connectivity index (χ4n) is 2.59. The van der Waals surface area contributed by atoms with Crippen LogP contribution in [0.5, 0.6) is 0 Å². The third-order valence-electron chi connectivity index (χ3n) is 3.63. The van der Waals surface area contributed by atoms with Gasteiger partial charge in [-0.25, -0.2) is 4.98 Å². The van der Waals surface area contributed by atoms with Gasteiger partial charge in [0.1, 0.15) is 10.5 Å². The van der Waals surface area contributed by atoms with Gasteiger partial charge < -0.3 is 4.98 Å². The summed E-state index contributed by atoms with van der Waals surface area (Å²) in [4.78, 5) is 7.98. The molecule has 0 amide bonds. The molecular weight excluding hydrogens is 264 g/mol. The highest BCUT2D eigenvalue weighted by Crippen LogP contribution is 2.26. The van der Waals surface area contributed by atoms with E-state index in [1.165, 1.54) is 10.8 Å². The summed E-state index contributed by atoms with van der Waals surface area (Å²) in [5.41, 5.74) is 3.33. The van der Waals surface area contributed by atoms with Gasteiger partial charge >= 0.3 is 0 Å². The SMILES string of the molecule is CCc1c(C)[nH]c(-c2cccc3ccccc23)nc1=S. The lowest BCUT2D eigenvalue weighted by molar-refractivity contribution is 0.991. The van der Waals surface area contributed by atoms with Crippen LogP contribution in [-0.2, 0) is 6.42 Å². The second-order valence-electron chi connectivity index (χ2n) is 4.87. The number of nitrogens with one attached hydrogen (secondary N) is 1. The fraction of sp³-hybridized carbons (Fsp3) is 0.176. The molecule has 0 unspecified atom stereocenters. The van der Waals surface area contributed by atoms with Gasteiger partial charge in [-0.3, -0.25) is 0 Å². The van der Waals surface area contributed by atoms with E-state index in [1.54, 1.807) is 0 Å². The summed E-state index contributed by atoms with van der Waals surface area (Å²) in [6.45, 7) is 4.16. The van der Waals surface area contributed by atoms with E-state index in [2.05, 4.69) is 54.1 Å². The number of H-pyrrole nitrogens is 1. The summed E-state index contributed by atoms with van der Waals surface area (Å²) in [5, 5.41) is 2.40. The van der Waals surface area contributed by atoms with E-state index in [0.29, 0.717) is 4.64 Å². The molecule has 0 aliphatic carbocycles. The molecule has 0 fully saturated rings. The van der Waals surface area contributed by atoms with Gasteiger partial charge in [0.15, 0.2) is 0 Å². The van der Waals surface area contributed by atoms with Crippen LogP contribution < -0.4 is 0 Å². The number of hydrogen-bond donors (Lipinski definition) is 1.